The average molecular weight is 291 g/mol. The fourth-order valence-corrected chi connectivity index (χ4v) is 2.50. The predicted octanol–water partition coefficient (Wildman–Crippen LogP) is 2.74. The largest absolute Gasteiger partial charge is 0.478 e. The quantitative estimate of drug-likeness (QED) is 0.580. The highest BCUT2D eigenvalue weighted by molar-refractivity contribution is 5.89. The first kappa shape index (κ1) is 12.7. The van der Waals surface area contributed by atoms with Gasteiger partial charge < -0.3 is 4.74 Å². The van der Waals surface area contributed by atoms with Crippen molar-refractivity contribution >= 4 is 16.7 Å². The first-order valence-electron chi connectivity index (χ1n) is 7.07. The smallest absolute Gasteiger partial charge is 0.215 e. The molecule has 0 atom stereocenters. The Hall–Kier alpha value is -3.02. The zero-order chi connectivity index (χ0) is 14.9. The maximum absolute atomic E-state index is 5.46. The third-order valence-corrected chi connectivity index (χ3v) is 3.47. The van der Waals surface area contributed by atoms with Gasteiger partial charge in [0.05, 0.1) is 6.61 Å². The summed E-state index contributed by atoms with van der Waals surface area (Å²) in [7, 11) is 0. The van der Waals surface area contributed by atoms with E-state index in [1.54, 1.807) is 4.52 Å². The number of fused-ring (bicyclic) bond motifs is 3. The molecule has 3 aromatic heterocycles. The van der Waals surface area contributed by atoms with E-state index in [4.69, 9.17) is 4.74 Å². The van der Waals surface area contributed by atoms with E-state index in [0.29, 0.717) is 23.8 Å². The van der Waals surface area contributed by atoms with E-state index in [1.165, 1.54) is 0 Å². The van der Waals surface area contributed by atoms with Crippen molar-refractivity contribution < 1.29 is 4.74 Å². The minimum absolute atomic E-state index is 0.569. The molecule has 0 unspecified atom stereocenters. The molecule has 0 aliphatic rings. The second-order valence-corrected chi connectivity index (χ2v) is 4.83. The molecule has 0 saturated carbocycles. The average Bonchev–Trinajstić information content (AvgIpc) is 3.05. The van der Waals surface area contributed by atoms with Crippen molar-refractivity contribution in [3.63, 3.8) is 0 Å². The molecule has 0 radical (unpaired) electrons. The molecule has 0 fully saturated rings. The summed E-state index contributed by atoms with van der Waals surface area (Å²) in [5.41, 5.74) is 3.41. The Kier molecular flexibility index (Phi) is 2.93. The van der Waals surface area contributed by atoms with E-state index in [-0.39, 0.29) is 0 Å². The standard InChI is InChI=1S/C16H13N5O/c1-2-22-14-9-8-12-10-13(11-6-4-3-5-7-11)16-18-19-20-21(16)15(12)17-14/h3-10H,2H2,1H3. The molecule has 4 rings (SSSR count). The fourth-order valence-electron chi connectivity index (χ4n) is 2.50. The van der Waals surface area contributed by atoms with Crippen molar-refractivity contribution in [2.75, 3.05) is 6.61 Å². The summed E-state index contributed by atoms with van der Waals surface area (Å²) in [6.07, 6.45) is 0. The first-order chi connectivity index (χ1) is 10.9. The third-order valence-electron chi connectivity index (χ3n) is 3.47. The van der Waals surface area contributed by atoms with Gasteiger partial charge in [-0.3, -0.25) is 0 Å². The van der Waals surface area contributed by atoms with Crippen molar-refractivity contribution in [2.24, 2.45) is 0 Å². The Labute approximate surface area is 126 Å². The van der Waals surface area contributed by atoms with Gasteiger partial charge in [0, 0.05) is 17.0 Å². The van der Waals surface area contributed by atoms with E-state index in [2.05, 4.69) is 26.6 Å². The normalized spacial score (nSPS) is 11.1. The number of nitrogens with zero attached hydrogens (tertiary/aromatic N) is 5. The molecule has 3 heterocycles. The zero-order valence-corrected chi connectivity index (χ0v) is 12.0. The molecular weight excluding hydrogens is 278 g/mol. The van der Waals surface area contributed by atoms with Crippen molar-refractivity contribution in [2.45, 2.75) is 6.92 Å². The highest BCUT2D eigenvalue weighted by atomic mass is 16.5. The fraction of sp³-hybridized carbons (Fsp3) is 0.125. The Morgan fingerprint density at radius 1 is 1.05 bits per heavy atom. The topological polar surface area (TPSA) is 65.2 Å². The molecule has 0 spiro atoms. The third kappa shape index (κ3) is 1.96. The number of ether oxygens (including phenoxy) is 1. The zero-order valence-electron chi connectivity index (χ0n) is 12.0. The van der Waals surface area contributed by atoms with Gasteiger partial charge in [0.1, 0.15) is 0 Å². The SMILES string of the molecule is CCOc1ccc2cc(-c3ccccc3)c3nnnn3c2n1. The number of rotatable bonds is 3. The molecule has 0 aliphatic carbocycles. The van der Waals surface area contributed by atoms with Crippen LogP contribution in [0.1, 0.15) is 6.92 Å². The lowest BCUT2D eigenvalue weighted by molar-refractivity contribution is 0.328. The van der Waals surface area contributed by atoms with Gasteiger partial charge in [-0.05, 0) is 35.0 Å². The van der Waals surface area contributed by atoms with Crippen LogP contribution in [0, 0.1) is 0 Å². The van der Waals surface area contributed by atoms with Crippen molar-refractivity contribution in [1.82, 2.24) is 25.0 Å². The van der Waals surface area contributed by atoms with Crippen molar-refractivity contribution in [1.29, 1.82) is 0 Å². The summed E-state index contributed by atoms with van der Waals surface area (Å²) in [6, 6.07) is 15.9. The molecule has 6 heteroatoms. The van der Waals surface area contributed by atoms with Crippen LogP contribution in [0.25, 0.3) is 27.8 Å². The lowest BCUT2D eigenvalue weighted by atomic mass is 10.1. The van der Waals surface area contributed by atoms with E-state index < -0.39 is 0 Å². The molecule has 0 bridgehead atoms. The second-order valence-electron chi connectivity index (χ2n) is 4.83. The van der Waals surface area contributed by atoms with Crippen LogP contribution < -0.4 is 4.74 Å². The van der Waals surface area contributed by atoms with Gasteiger partial charge in [-0.25, -0.2) is 0 Å². The van der Waals surface area contributed by atoms with Gasteiger partial charge in [0.25, 0.3) is 0 Å². The number of hydrogen-bond acceptors (Lipinski definition) is 5. The summed E-state index contributed by atoms with van der Waals surface area (Å²) >= 11 is 0. The Morgan fingerprint density at radius 3 is 2.73 bits per heavy atom. The number of benzene rings is 1. The monoisotopic (exact) mass is 291 g/mol. The molecule has 0 N–H and O–H groups in total. The van der Waals surface area contributed by atoms with Crippen LogP contribution in [0.2, 0.25) is 0 Å². The molecule has 22 heavy (non-hydrogen) atoms. The van der Waals surface area contributed by atoms with Crippen molar-refractivity contribution in [3.05, 3.63) is 48.5 Å². The number of tetrazole rings is 1. The van der Waals surface area contributed by atoms with E-state index in [1.807, 2.05) is 49.4 Å². The maximum Gasteiger partial charge on any atom is 0.215 e. The van der Waals surface area contributed by atoms with Gasteiger partial charge in [0.15, 0.2) is 11.3 Å². The van der Waals surface area contributed by atoms with Crippen LogP contribution in [-0.4, -0.2) is 31.6 Å². The summed E-state index contributed by atoms with van der Waals surface area (Å²) in [4.78, 5) is 4.50. The Morgan fingerprint density at radius 2 is 1.91 bits per heavy atom. The highest BCUT2D eigenvalue weighted by Gasteiger charge is 2.13. The van der Waals surface area contributed by atoms with Crippen molar-refractivity contribution in [3.8, 4) is 17.0 Å². The van der Waals surface area contributed by atoms with Crippen LogP contribution in [-0.2, 0) is 0 Å². The summed E-state index contributed by atoms with van der Waals surface area (Å²) in [5.74, 6) is 0.569. The predicted molar refractivity (Wildman–Crippen MR) is 82.7 cm³/mol. The second kappa shape index (κ2) is 5.07. The molecule has 4 aromatic rings. The van der Waals surface area contributed by atoms with E-state index >= 15 is 0 Å². The van der Waals surface area contributed by atoms with Gasteiger partial charge in [-0.1, -0.05) is 30.3 Å². The minimum atomic E-state index is 0.569. The van der Waals surface area contributed by atoms with Crippen LogP contribution in [0.4, 0.5) is 0 Å². The molecular formula is C16H13N5O. The summed E-state index contributed by atoms with van der Waals surface area (Å²) in [6.45, 7) is 2.50. The van der Waals surface area contributed by atoms with Crippen LogP contribution >= 0.6 is 0 Å². The highest BCUT2D eigenvalue weighted by Crippen LogP contribution is 2.27. The lowest BCUT2D eigenvalue weighted by Crippen LogP contribution is -1.99. The molecule has 0 aliphatic heterocycles. The Balaban J connectivity index is 2.03. The summed E-state index contributed by atoms with van der Waals surface area (Å²) in [5, 5.41) is 13.0. The molecule has 108 valence electrons. The van der Waals surface area contributed by atoms with Gasteiger partial charge in [0.2, 0.25) is 5.88 Å². The molecule has 1 aromatic carbocycles. The molecule has 0 saturated heterocycles. The lowest BCUT2D eigenvalue weighted by Gasteiger charge is -2.07. The number of aromatic nitrogens is 5. The van der Waals surface area contributed by atoms with Crippen LogP contribution in [0.5, 0.6) is 5.88 Å². The Bertz CT molecular complexity index is 949. The molecule has 0 amide bonds. The maximum atomic E-state index is 5.46. The van der Waals surface area contributed by atoms with E-state index in [0.717, 1.165) is 16.5 Å². The van der Waals surface area contributed by atoms with Gasteiger partial charge in [-0.15, -0.1) is 5.10 Å². The number of hydrogen-bond donors (Lipinski definition) is 0. The molecule has 6 nitrogen and oxygen atoms in total. The van der Waals surface area contributed by atoms with Crippen LogP contribution in [0.15, 0.2) is 48.5 Å². The van der Waals surface area contributed by atoms with Gasteiger partial charge >= 0.3 is 0 Å². The first-order valence-corrected chi connectivity index (χ1v) is 7.07. The number of pyridine rings is 2. The minimum Gasteiger partial charge on any atom is -0.478 e. The summed E-state index contributed by atoms with van der Waals surface area (Å²) < 4.78 is 7.11. The van der Waals surface area contributed by atoms with Gasteiger partial charge in [-0.2, -0.15) is 9.50 Å². The van der Waals surface area contributed by atoms with E-state index in [9.17, 15) is 0 Å². The van der Waals surface area contributed by atoms with Crippen LogP contribution in [0.3, 0.4) is 0 Å².